The number of H-pyrrole nitrogens is 1. The topological polar surface area (TPSA) is 81.3 Å². The highest BCUT2D eigenvalue weighted by Gasteiger charge is 2.35. The average Bonchev–Trinajstić information content (AvgIpc) is 3.13. The molecular formula is C18H22Cl2FN5O2. The third-order valence-corrected chi connectivity index (χ3v) is 4.91. The van der Waals surface area contributed by atoms with Crippen LogP contribution in [0.25, 0.3) is 0 Å². The maximum absolute atomic E-state index is 13.0. The molecule has 4 rings (SSSR count). The third-order valence-electron chi connectivity index (χ3n) is 4.91. The van der Waals surface area contributed by atoms with E-state index < -0.39 is 6.04 Å². The fraction of sp³-hybridized carbons (Fsp3) is 0.389. The van der Waals surface area contributed by atoms with E-state index in [0.29, 0.717) is 26.2 Å². The second-order valence-corrected chi connectivity index (χ2v) is 6.61. The molecule has 2 N–H and O–H groups in total. The number of amides is 2. The van der Waals surface area contributed by atoms with Gasteiger partial charge in [0.05, 0.1) is 18.6 Å². The van der Waals surface area contributed by atoms with Crippen LogP contribution in [-0.4, -0.2) is 57.8 Å². The number of nitrogens with one attached hydrogen (secondary N) is 2. The first-order chi connectivity index (χ1) is 12.6. The van der Waals surface area contributed by atoms with Gasteiger partial charge >= 0.3 is 0 Å². The minimum absolute atomic E-state index is 0. The van der Waals surface area contributed by atoms with Gasteiger partial charge in [-0.05, 0) is 17.7 Å². The molecule has 2 aliphatic rings. The lowest BCUT2D eigenvalue weighted by Crippen LogP contribution is -2.54. The number of carbonyl (C=O) groups is 2. The van der Waals surface area contributed by atoms with Crippen LogP contribution in [0, 0.1) is 5.82 Å². The molecule has 0 saturated carbocycles. The Bertz CT molecular complexity index is 830. The van der Waals surface area contributed by atoms with E-state index in [1.807, 2.05) is 0 Å². The summed E-state index contributed by atoms with van der Waals surface area (Å²) in [7, 11) is 0. The summed E-state index contributed by atoms with van der Waals surface area (Å²) in [6, 6.07) is 5.61. The number of fused-ring (bicyclic) bond motifs is 1. The van der Waals surface area contributed by atoms with Crippen LogP contribution >= 0.6 is 24.8 Å². The Morgan fingerprint density at radius 2 is 1.96 bits per heavy atom. The highest BCUT2D eigenvalue weighted by atomic mass is 35.5. The number of imidazole rings is 1. The predicted molar refractivity (Wildman–Crippen MR) is 106 cm³/mol. The molecular weight excluding hydrogens is 408 g/mol. The molecule has 1 unspecified atom stereocenters. The second kappa shape index (κ2) is 9.36. The van der Waals surface area contributed by atoms with Crippen molar-refractivity contribution in [1.82, 2.24) is 25.1 Å². The van der Waals surface area contributed by atoms with E-state index in [4.69, 9.17) is 0 Å². The van der Waals surface area contributed by atoms with Gasteiger partial charge in [-0.25, -0.2) is 9.37 Å². The Morgan fingerprint density at radius 3 is 2.68 bits per heavy atom. The zero-order valence-corrected chi connectivity index (χ0v) is 16.7. The highest BCUT2D eigenvalue weighted by Crippen LogP contribution is 2.22. The lowest BCUT2D eigenvalue weighted by molar-refractivity contribution is -0.147. The van der Waals surface area contributed by atoms with Crippen LogP contribution in [-0.2, 0) is 22.6 Å². The van der Waals surface area contributed by atoms with Crippen molar-refractivity contribution in [3.63, 3.8) is 0 Å². The SMILES string of the molecule is Cl.Cl.O=C1CN(C(=O)C2NCCc3[nH]cnc32)CCN1Cc1ccc(F)cc1. The smallest absolute Gasteiger partial charge is 0.246 e. The van der Waals surface area contributed by atoms with Gasteiger partial charge in [0.2, 0.25) is 11.8 Å². The molecule has 152 valence electrons. The fourth-order valence-corrected chi connectivity index (χ4v) is 3.48. The van der Waals surface area contributed by atoms with Gasteiger partial charge in [-0.1, -0.05) is 12.1 Å². The normalized spacial score (nSPS) is 18.8. The zero-order chi connectivity index (χ0) is 18.1. The molecule has 10 heteroatoms. The summed E-state index contributed by atoms with van der Waals surface area (Å²) in [6.45, 7) is 2.11. The third kappa shape index (κ3) is 4.45. The summed E-state index contributed by atoms with van der Waals surface area (Å²) in [6.07, 6.45) is 2.41. The number of aromatic amines is 1. The van der Waals surface area contributed by atoms with E-state index in [9.17, 15) is 14.0 Å². The van der Waals surface area contributed by atoms with E-state index >= 15 is 0 Å². The largest absolute Gasteiger partial charge is 0.348 e. The molecule has 2 aliphatic heterocycles. The summed E-state index contributed by atoms with van der Waals surface area (Å²) < 4.78 is 13.0. The second-order valence-electron chi connectivity index (χ2n) is 6.61. The monoisotopic (exact) mass is 429 g/mol. The Morgan fingerprint density at radius 1 is 1.21 bits per heavy atom. The zero-order valence-electron chi connectivity index (χ0n) is 15.1. The number of halogens is 3. The van der Waals surface area contributed by atoms with Gasteiger partial charge in [0, 0.05) is 38.3 Å². The van der Waals surface area contributed by atoms with Crippen LogP contribution in [0.4, 0.5) is 4.39 Å². The van der Waals surface area contributed by atoms with E-state index in [1.165, 1.54) is 12.1 Å². The first kappa shape index (κ1) is 22.1. The Kier molecular flexibility index (Phi) is 7.40. The van der Waals surface area contributed by atoms with Crippen LogP contribution in [0.2, 0.25) is 0 Å². The van der Waals surface area contributed by atoms with Crippen LogP contribution in [0.5, 0.6) is 0 Å². The van der Waals surface area contributed by atoms with Crippen LogP contribution in [0.15, 0.2) is 30.6 Å². The molecule has 0 bridgehead atoms. The molecule has 1 aromatic carbocycles. The van der Waals surface area contributed by atoms with Crippen LogP contribution < -0.4 is 5.32 Å². The quantitative estimate of drug-likeness (QED) is 0.773. The molecule has 2 aromatic rings. The van der Waals surface area contributed by atoms with Crippen LogP contribution in [0.1, 0.15) is 23.0 Å². The molecule has 3 heterocycles. The summed E-state index contributed by atoms with van der Waals surface area (Å²) in [5.74, 6) is -0.520. The fourth-order valence-electron chi connectivity index (χ4n) is 3.48. The number of piperazine rings is 1. The number of nitrogens with zero attached hydrogens (tertiary/aromatic N) is 3. The first-order valence-electron chi connectivity index (χ1n) is 8.68. The molecule has 0 spiro atoms. The van der Waals surface area contributed by atoms with Gasteiger partial charge in [0.1, 0.15) is 11.9 Å². The van der Waals surface area contributed by atoms with Crippen molar-refractivity contribution >= 4 is 36.6 Å². The predicted octanol–water partition coefficient (Wildman–Crippen LogP) is 1.45. The Hall–Kier alpha value is -2.16. The van der Waals surface area contributed by atoms with Gasteiger partial charge in [0.15, 0.2) is 0 Å². The summed E-state index contributed by atoms with van der Waals surface area (Å²) in [4.78, 5) is 35.9. The van der Waals surface area contributed by atoms with Crippen molar-refractivity contribution in [2.75, 3.05) is 26.2 Å². The van der Waals surface area contributed by atoms with Gasteiger partial charge in [-0.2, -0.15) is 0 Å². The van der Waals surface area contributed by atoms with Gasteiger partial charge in [0.25, 0.3) is 0 Å². The van der Waals surface area contributed by atoms with Crippen molar-refractivity contribution in [2.24, 2.45) is 0 Å². The van der Waals surface area contributed by atoms with Gasteiger partial charge in [-0.3, -0.25) is 9.59 Å². The molecule has 1 fully saturated rings. The molecule has 0 radical (unpaired) electrons. The highest BCUT2D eigenvalue weighted by molar-refractivity contribution is 5.89. The number of carbonyl (C=O) groups excluding carboxylic acids is 2. The summed E-state index contributed by atoms with van der Waals surface area (Å²) in [5, 5.41) is 3.20. The molecule has 1 aromatic heterocycles. The number of aromatic nitrogens is 2. The number of benzene rings is 1. The van der Waals surface area contributed by atoms with E-state index in [-0.39, 0.29) is 49.0 Å². The average molecular weight is 430 g/mol. The van der Waals surface area contributed by atoms with E-state index in [0.717, 1.165) is 23.4 Å². The minimum Gasteiger partial charge on any atom is -0.348 e. The molecule has 28 heavy (non-hydrogen) atoms. The molecule has 2 amide bonds. The first-order valence-corrected chi connectivity index (χ1v) is 8.68. The van der Waals surface area contributed by atoms with Crippen molar-refractivity contribution in [1.29, 1.82) is 0 Å². The lowest BCUT2D eigenvalue weighted by atomic mass is 10.0. The van der Waals surface area contributed by atoms with Gasteiger partial charge < -0.3 is 20.1 Å². The van der Waals surface area contributed by atoms with Gasteiger partial charge in [-0.15, -0.1) is 24.8 Å². The molecule has 0 aliphatic carbocycles. The van der Waals surface area contributed by atoms with Crippen molar-refractivity contribution in [2.45, 2.75) is 19.0 Å². The summed E-state index contributed by atoms with van der Waals surface area (Å²) >= 11 is 0. The number of hydrogen-bond donors (Lipinski definition) is 2. The number of rotatable bonds is 3. The number of hydrogen-bond acceptors (Lipinski definition) is 4. The Balaban J connectivity index is 0.00000140. The molecule has 7 nitrogen and oxygen atoms in total. The van der Waals surface area contributed by atoms with E-state index in [2.05, 4.69) is 15.3 Å². The van der Waals surface area contributed by atoms with Crippen molar-refractivity contribution in [3.05, 3.63) is 53.4 Å². The van der Waals surface area contributed by atoms with Crippen molar-refractivity contribution in [3.8, 4) is 0 Å². The molecule has 1 atom stereocenters. The van der Waals surface area contributed by atoms with E-state index in [1.54, 1.807) is 28.3 Å². The standard InChI is InChI=1S/C18H20FN5O2.2ClH/c19-13-3-1-12(2-4-13)9-23-7-8-24(10-15(23)25)18(26)17-16-14(5-6-20-17)21-11-22-16;;/h1-4,11,17,20H,5-10H2,(H,21,22);2*1H. The Labute approximate surface area is 174 Å². The molecule has 1 saturated heterocycles. The lowest BCUT2D eigenvalue weighted by Gasteiger charge is -2.36. The van der Waals surface area contributed by atoms with Crippen molar-refractivity contribution < 1.29 is 14.0 Å². The van der Waals surface area contributed by atoms with Crippen LogP contribution in [0.3, 0.4) is 0 Å². The maximum Gasteiger partial charge on any atom is 0.246 e. The summed E-state index contributed by atoms with van der Waals surface area (Å²) in [5.41, 5.74) is 2.57. The minimum atomic E-state index is -0.499. The maximum atomic E-state index is 13.0.